The molecule has 3 fully saturated rings. The van der Waals surface area contributed by atoms with E-state index in [0.717, 1.165) is 38.9 Å². The van der Waals surface area contributed by atoms with Gasteiger partial charge in [0.05, 0.1) is 12.6 Å². The molecular weight excluding hydrogens is 332 g/mol. The van der Waals surface area contributed by atoms with Crippen LogP contribution in [0.5, 0.6) is 0 Å². The Kier molecular flexibility index (Phi) is 5.02. The summed E-state index contributed by atoms with van der Waals surface area (Å²) in [6.45, 7) is 5.67. The van der Waals surface area contributed by atoms with E-state index in [-0.39, 0.29) is 30.5 Å². The Morgan fingerprint density at radius 3 is 2.87 bits per heavy atom. The lowest BCUT2D eigenvalue weighted by molar-refractivity contribution is -0.147. The van der Waals surface area contributed by atoms with Gasteiger partial charge in [0.1, 0.15) is 6.10 Å². The molecule has 1 N–H and O–H groups in total. The molecule has 0 bridgehead atoms. The van der Waals surface area contributed by atoms with Gasteiger partial charge in [0.25, 0.3) is 0 Å². The number of nitrogens with zero attached hydrogens (tertiary/aromatic N) is 1. The predicted octanol–water partition coefficient (Wildman–Crippen LogP) is 2.85. The van der Waals surface area contributed by atoms with Crippen LogP contribution in [0.4, 0.5) is 0 Å². The molecule has 3 unspecified atom stereocenters. The van der Waals surface area contributed by atoms with Gasteiger partial charge in [-0.15, -0.1) is 12.4 Å². The fourth-order valence-corrected chi connectivity index (χ4v) is 4.87. The molecule has 1 amide bonds. The normalized spacial score (nSPS) is 32.4. The van der Waals surface area contributed by atoms with Crippen LogP contribution < -0.4 is 5.32 Å². The smallest absolute Gasteiger partial charge is 0.226 e. The molecule has 1 aliphatic carbocycles. The monoisotopic (exact) mass is 356 g/mol. The highest BCUT2D eigenvalue weighted by atomic mass is 35.5. The number of thiophene rings is 1. The van der Waals surface area contributed by atoms with Gasteiger partial charge in [0, 0.05) is 12.5 Å². The number of piperidine rings is 1. The molecule has 1 aromatic rings. The van der Waals surface area contributed by atoms with E-state index >= 15 is 0 Å². The molecule has 23 heavy (non-hydrogen) atoms. The molecular formula is C17H25ClN2O2S. The minimum atomic E-state index is 0. The number of halogens is 1. The molecule has 3 heterocycles. The third kappa shape index (κ3) is 3.29. The van der Waals surface area contributed by atoms with Crippen molar-refractivity contribution in [3.63, 3.8) is 0 Å². The van der Waals surface area contributed by atoms with Crippen molar-refractivity contribution in [3.05, 3.63) is 22.4 Å². The van der Waals surface area contributed by atoms with Crippen LogP contribution in [0.1, 0.15) is 37.9 Å². The number of morpholine rings is 1. The number of ether oxygens (including phenoxy) is 1. The highest BCUT2D eigenvalue weighted by Gasteiger charge is 2.58. The highest BCUT2D eigenvalue weighted by Crippen LogP contribution is 2.59. The van der Waals surface area contributed by atoms with Gasteiger partial charge in [-0.2, -0.15) is 11.3 Å². The van der Waals surface area contributed by atoms with Gasteiger partial charge >= 0.3 is 0 Å². The summed E-state index contributed by atoms with van der Waals surface area (Å²) in [5.74, 6) is 0.639. The van der Waals surface area contributed by atoms with Gasteiger partial charge < -0.3 is 15.0 Å². The van der Waals surface area contributed by atoms with E-state index in [0.29, 0.717) is 17.9 Å². The van der Waals surface area contributed by atoms with Gasteiger partial charge in [-0.05, 0) is 67.1 Å². The summed E-state index contributed by atoms with van der Waals surface area (Å²) in [7, 11) is 0. The molecule has 4 nitrogen and oxygen atoms in total. The maximum absolute atomic E-state index is 12.9. The number of carbonyl (C=O) groups excluding carboxylic acids is 1. The summed E-state index contributed by atoms with van der Waals surface area (Å²) in [5, 5.41) is 7.62. The Hall–Kier alpha value is -0.620. The van der Waals surface area contributed by atoms with Crippen LogP contribution in [0.3, 0.4) is 0 Å². The van der Waals surface area contributed by atoms with Crippen LogP contribution in [0.15, 0.2) is 16.8 Å². The molecule has 0 radical (unpaired) electrons. The fraction of sp³-hybridized carbons (Fsp3) is 0.706. The van der Waals surface area contributed by atoms with Crippen LogP contribution in [-0.2, 0) is 9.53 Å². The minimum Gasteiger partial charge on any atom is -0.367 e. The minimum absolute atomic E-state index is 0. The molecule has 0 aromatic carbocycles. The molecule has 1 aromatic heterocycles. The SMILES string of the molecule is CC1CN(C(=O)C2CC23CCNCC3)CC(c2ccsc2)O1.Cl. The van der Waals surface area contributed by atoms with Gasteiger partial charge in [0.2, 0.25) is 5.91 Å². The van der Waals surface area contributed by atoms with E-state index in [1.54, 1.807) is 11.3 Å². The Morgan fingerprint density at radius 2 is 2.17 bits per heavy atom. The first-order valence-corrected chi connectivity index (χ1v) is 9.29. The Morgan fingerprint density at radius 1 is 1.39 bits per heavy atom. The van der Waals surface area contributed by atoms with Crippen molar-refractivity contribution in [2.45, 2.75) is 38.4 Å². The number of rotatable bonds is 2. The van der Waals surface area contributed by atoms with E-state index in [4.69, 9.17) is 4.74 Å². The van der Waals surface area contributed by atoms with E-state index < -0.39 is 0 Å². The summed E-state index contributed by atoms with van der Waals surface area (Å²) in [6.07, 6.45) is 3.59. The average molecular weight is 357 g/mol. The third-order valence-corrected chi connectivity index (χ3v) is 6.28. The lowest BCUT2D eigenvalue weighted by Crippen LogP contribution is -2.47. The van der Waals surface area contributed by atoms with Crippen molar-refractivity contribution < 1.29 is 9.53 Å². The molecule has 6 heteroatoms. The Bertz CT molecular complexity index is 545. The zero-order chi connectivity index (χ0) is 15.2. The molecule has 128 valence electrons. The second kappa shape index (κ2) is 6.71. The van der Waals surface area contributed by atoms with Crippen LogP contribution in [0.2, 0.25) is 0 Å². The zero-order valence-electron chi connectivity index (χ0n) is 13.5. The molecule has 4 rings (SSSR count). The number of nitrogens with one attached hydrogen (secondary N) is 1. The average Bonchev–Trinajstić information content (AvgIpc) is 2.98. The number of carbonyl (C=O) groups is 1. The van der Waals surface area contributed by atoms with Crippen LogP contribution >= 0.6 is 23.7 Å². The topological polar surface area (TPSA) is 41.6 Å². The first-order valence-electron chi connectivity index (χ1n) is 8.35. The maximum atomic E-state index is 12.9. The van der Waals surface area contributed by atoms with Crippen molar-refractivity contribution >= 4 is 29.7 Å². The Labute approximate surface area is 148 Å². The van der Waals surface area contributed by atoms with Crippen LogP contribution in [-0.4, -0.2) is 43.1 Å². The van der Waals surface area contributed by atoms with Gasteiger partial charge in [0.15, 0.2) is 0 Å². The summed E-state index contributed by atoms with van der Waals surface area (Å²) >= 11 is 1.69. The number of hydrogen-bond acceptors (Lipinski definition) is 4. The van der Waals surface area contributed by atoms with Crippen molar-refractivity contribution in [3.8, 4) is 0 Å². The van der Waals surface area contributed by atoms with Gasteiger partial charge in [-0.25, -0.2) is 0 Å². The summed E-state index contributed by atoms with van der Waals surface area (Å²) in [6, 6.07) is 2.11. The molecule has 3 atom stereocenters. The molecule has 2 saturated heterocycles. The van der Waals surface area contributed by atoms with Crippen molar-refractivity contribution in [1.29, 1.82) is 0 Å². The van der Waals surface area contributed by atoms with E-state index in [9.17, 15) is 4.79 Å². The van der Waals surface area contributed by atoms with Gasteiger partial charge in [-0.1, -0.05) is 0 Å². The van der Waals surface area contributed by atoms with Crippen LogP contribution in [0, 0.1) is 11.3 Å². The molecule has 3 aliphatic rings. The van der Waals surface area contributed by atoms with Crippen molar-refractivity contribution in [2.75, 3.05) is 26.2 Å². The fourth-order valence-electron chi connectivity index (χ4n) is 4.17. The van der Waals surface area contributed by atoms with Crippen molar-refractivity contribution in [2.24, 2.45) is 11.3 Å². The zero-order valence-corrected chi connectivity index (χ0v) is 15.1. The van der Waals surface area contributed by atoms with Crippen molar-refractivity contribution in [1.82, 2.24) is 10.2 Å². The first kappa shape index (κ1) is 17.2. The highest BCUT2D eigenvalue weighted by molar-refractivity contribution is 7.07. The van der Waals surface area contributed by atoms with E-state index in [1.807, 2.05) is 0 Å². The third-order valence-electron chi connectivity index (χ3n) is 5.57. The summed E-state index contributed by atoms with van der Waals surface area (Å²) in [4.78, 5) is 15.0. The van der Waals surface area contributed by atoms with E-state index in [2.05, 4.69) is 34.0 Å². The lowest BCUT2D eigenvalue weighted by atomic mass is 9.91. The number of hydrogen-bond donors (Lipinski definition) is 1. The largest absolute Gasteiger partial charge is 0.367 e. The quantitative estimate of drug-likeness (QED) is 0.886. The molecule has 2 aliphatic heterocycles. The predicted molar refractivity (Wildman–Crippen MR) is 94.1 cm³/mol. The molecule has 1 spiro atoms. The van der Waals surface area contributed by atoms with Crippen LogP contribution in [0.25, 0.3) is 0 Å². The lowest BCUT2D eigenvalue weighted by Gasteiger charge is -2.37. The Balaban J connectivity index is 0.00000156. The van der Waals surface area contributed by atoms with Gasteiger partial charge in [-0.3, -0.25) is 4.79 Å². The molecule has 1 saturated carbocycles. The van der Waals surface area contributed by atoms with E-state index in [1.165, 1.54) is 5.56 Å². The second-order valence-corrected chi connectivity index (χ2v) is 7.88. The summed E-state index contributed by atoms with van der Waals surface area (Å²) < 4.78 is 6.05. The second-order valence-electron chi connectivity index (χ2n) is 7.10. The maximum Gasteiger partial charge on any atom is 0.226 e. The number of amides is 1. The first-order chi connectivity index (χ1) is 10.7. The standard InChI is InChI=1S/C17H24N2O2S.ClH/c1-12-9-19(10-15(21-12)13-2-7-22-11-13)16(20)14-8-17(14)3-5-18-6-4-17;/h2,7,11-12,14-15,18H,3-6,8-10H2,1H3;1H. The summed E-state index contributed by atoms with van der Waals surface area (Å²) in [5.41, 5.74) is 1.53.